The topological polar surface area (TPSA) is 29.1 Å². The maximum Gasteiger partial charge on any atom is 0.255 e. The average molecular weight is 347 g/mol. The first-order valence-electron chi connectivity index (χ1n) is 8.27. The molecule has 0 heterocycles. The molecule has 3 rings (SSSR count). The minimum Gasteiger partial charge on any atom is -0.322 e. The van der Waals surface area contributed by atoms with E-state index in [1.807, 2.05) is 62.4 Å². The maximum absolute atomic E-state index is 12.4. The predicted molar refractivity (Wildman–Crippen MR) is 106 cm³/mol. The molecule has 0 saturated carbocycles. The third kappa shape index (κ3) is 4.74. The van der Waals surface area contributed by atoms with Crippen molar-refractivity contribution in [1.29, 1.82) is 0 Å². The molecule has 0 bridgehead atoms. The summed E-state index contributed by atoms with van der Waals surface area (Å²) in [6.45, 7) is 3.99. The lowest BCUT2D eigenvalue weighted by Crippen LogP contribution is -2.13. The van der Waals surface area contributed by atoms with Gasteiger partial charge in [0.1, 0.15) is 0 Å². The van der Waals surface area contributed by atoms with Crippen molar-refractivity contribution in [2.45, 2.75) is 24.5 Å². The SMILES string of the molecule is Cc1ccc(C(=O)Nc2ccc(CSc3ccccc3)cc2)c(C)c1. The molecule has 0 saturated heterocycles. The fourth-order valence-electron chi connectivity index (χ4n) is 2.63. The standard InChI is InChI=1S/C22H21NOS/c1-16-8-13-21(17(2)14-16)22(24)23-19-11-9-18(10-12-19)15-25-20-6-4-3-5-7-20/h3-14H,15H2,1-2H3,(H,23,24). The first-order valence-corrected chi connectivity index (χ1v) is 9.26. The lowest BCUT2D eigenvalue weighted by atomic mass is 10.1. The molecule has 126 valence electrons. The van der Waals surface area contributed by atoms with E-state index in [1.54, 1.807) is 11.8 Å². The van der Waals surface area contributed by atoms with E-state index in [9.17, 15) is 4.79 Å². The summed E-state index contributed by atoms with van der Waals surface area (Å²) in [5.41, 5.74) is 4.92. The van der Waals surface area contributed by atoms with E-state index in [2.05, 4.69) is 29.6 Å². The fraction of sp³-hybridized carbons (Fsp3) is 0.136. The van der Waals surface area contributed by atoms with Crippen LogP contribution in [0.15, 0.2) is 77.7 Å². The lowest BCUT2D eigenvalue weighted by molar-refractivity contribution is 0.102. The highest BCUT2D eigenvalue weighted by Crippen LogP contribution is 2.23. The minimum atomic E-state index is -0.0658. The van der Waals surface area contributed by atoms with Gasteiger partial charge in [0, 0.05) is 21.9 Å². The predicted octanol–water partition coefficient (Wildman–Crippen LogP) is 5.85. The zero-order valence-corrected chi connectivity index (χ0v) is 15.3. The van der Waals surface area contributed by atoms with Gasteiger partial charge in [-0.2, -0.15) is 0 Å². The highest BCUT2D eigenvalue weighted by molar-refractivity contribution is 7.98. The number of hydrogen-bond acceptors (Lipinski definition) is 2. The van der Waals surface area contributed by atoms with Gasteiger partial charge in [-0.05, 0) is 55.3 Å². The third-order valence-corrected chi connectivity index (χ3v) is 5.07. The smallest absolute Gasteiger partial charge is 0.255 e. The van der Waals surface area contributed by atoms with E-state index in [4.69, 9.17) is 0 Å². The van der Waals surface area contributed by atoms with Gasteiger partial charge >= 0.3 is 0 Å². The molecule has 0 atom stereocenters. The largest absolute Gasteiger partial charge is 0.322 e. The van der Waals surface area contributed by atoms with Gasteiger partial charge in [-0.1, -0.05) is 48.0 Å². The minimum absolute atomic E-state index is 0.0658. The van der Waals surface area contributed by atoms with Crippen LogP contribution in [-0.4, -0.2) is 5.91 Å². The quantitative estimate of drug-likeness (QED) is 0.587. The van der Waals surface area contributed by atoms with E-state index in [1.165, 1.54) is 10.5 Å². The molecule has 3 aromatic carbocycles. The molecule has 1 amide bonds. The van der Waals surface area contributed by atoms with Crippen molar-refractivity contribution in [1.82, 2.24) is 0 Å². The van der Waals surface area contributed by atoms with E-state index >= 15 is 0 Å². The Labute approximate surface area is 153 Å². The molecule has 0 fully saturated rings. The van der Waals surface area contributed by atoms with Crippen molar-refractivity contribution < 1.29 is 4.79 Å². The molecule has 0 radical (unpaired) electrons. The van der Waals surface area contributed by atoms with Crippen LogP contribution in [-0.2, 0) is 5.75 Å². The Bertz CT molecular complexity index is 857. The van der Waals surface area contributed by atoms with Gasteiger partial charge in [-0.15, -0.1) is 11.8 Å². The summed E-state index contributed by atoms with van der Waals surface area (Å²) in [5.74, 6) is 0.846. The number of thioether (sulfide) groups is 1. The number of amides is 1. The monoisotopic (exact) mass is 347 g/mol. The Morgan fingerprint density at radius 1 is 0.920 bits per heavy atom. The van der Waals surface area contributed by atoms with E-state index < -0.39 is 0 Å². The van der Waals surface area contributed by atoms with Crippen LogP contribution >= 0.6 is 11.8 Å². The molecule has 0 aliphatic carbocycles. The molecule has 0 spiro atoms. The van der Waals surface area contributed by atoms with E-state index in [-0.39, 0.29) is 5.91 Å². The molecule has 2 nitrogen and oxygen atoms in total. The molecule has 0 aromatic heterocycles. The fourth-order valence-corrected chi connectivity index (χ4v) is 3.51. The van der Waals surface area contributed by atoms with Gasteiger partial charge in [0.05, 0.1) is 0 Å². The number of carbonyl (C=O) groups is 1. The van der Waals surface area contributed by atoms with Crippen LogP contribution in [0.5, 0.6) is 0 Å². The van der Waals surface area contributed by atoms with Crippen molar-refractivity contribution in [2.75, 3.05) is 5.32 Å². The van der Waals surface area contributed by atoms with Crippen molar-refractivity contribution in [3.05, 3.63) is 95.1 Å². The number of aryl methyl sites for hydroxylation is 2. The molecule has 0 aliphatic rings. The molecule has 1 N–H and O–H groups in total. The van der Waals surface area contributed by atoms with Crippen LogP contribution in [0.2, 0.25) is 0 Å². The van der Waals surface area contributed by atoms with Gasteiger partial charge in [-0.3, -0.25) is 4.79 Å². The number of rotatable bonds is 5. The Balaban J connectivity index is 1.61. The van der Waals surface area contributed by atoms with Crippen molar-refractivity contribution in [3.8, 4) is 0 Å². The summed E-state index contributed by atoms with van der Waals surface area (Å²) in [4.78, 5) is 13.7. The van der Waals surface area contributed by atoms with Crippen LogP contribution in [0, 0.1) is 13.8 Å². The number of hydrogen-bond donors (Lipinski definition) is 1. The molecule has 0 unspecified atom stereocenters. The molecule has 25 heavy (non-hydrogen) atoms. The van der Waals surface area contributed by atoms with Crippen LogP contribution < -0.4 is 5.32 Å². The second-order valence-electron chi connectivity index (χ2n) is 6.07. The second-order valence-corrected chi connectivity index (χ2v) is 7.12. The maximum atomic E-state index is 12.4. The summed E-state index contributed by atoms with van der Waals surface area (Å²) >= 11 is 1.81. The summed E-state index contributed by atoms with van der Waals surface area (Å²) in [6, 6.07) is 24.3. The van der Waals surface area contributed by atoms with Crippen molar-refractivity contribution >= 4 is 23.4 Å². The highest BCUT2D eigenvalue weighted by Gasteiger charge is 2.09. The first kappa shape index (κ1) is 17.3. The zero-order chi connectivity index (χ0) is 17.6. The summed E-state index contributed by atoms with van der Waals surface area (Å²) < 4.78 is 0. The number of carbonyl (C=O) groups excluding carboxylic acids is 1. The summed E-state index contributed by atoms with van der Waals surface area (Å²) in [7, 11) is 0. The van der Waals surface area contributed by atoms with Crippen molar-refractivity contribution in [3.63, 3.8) is 0 Å². The second kappa shape index (κ2) is 8.04. The van der Waals surface area contributed by atoms with Gasteiger partial charge in [0.25, 0.3) is 5.91 Å². The zero-order valence-electron chi connectivity index (χ0n) is 14.5. The number of anilines is 1. The molecular formula is C22H21NOS. The molecule has 3 heteroatoms. The van der Waals surface area contributed by atoms with Crippen LogP contribution in [0.4, 0.5) is 5.69 Å². The van der Waals surface area contributed by atoms with E-state index in [0.717, 1.165) is 22.6 Å². The van der Waals surface area contributed by atoms with Crippen LogP contribution in [0.25, 0.3) is 0 Å². The lowest BCUT2D eigenvalue weighted by Gasteiger charge is -2.09. The van der Waals surface area contributed by atoms with E-state index in [0.29, 0.717) is 5.56 Å². The highest BCUT2D eigenvalue weighted by atomic mass is 32.2. The average Bonchev–Trinajstić information content (AvgIpc) is 2.62. The summed E-state index contributed by atoms with van der Waals surface area (Å²) in [6.07, 6.45) is 0. The van der Waals surface area contributed by atoms with Gasteiger partial charge in [0.15, 0.2) is 0 Å². The van der Waals surface area contributed by atoms with Gasteiger partial charge in [-0.25, -0.2) is 0 Å². The summed E-state index contributed by atoms with van der Waals surface area (Å²) in [5, 5.41) is 2.97. The first-order chi connectivity index (χ1) is 12.1. The number of nitrogens with one attached hydrogen (secondary N) is 1. The molecule has 0 aliphatic heterocycles. The van der Waals surface area contributed by atoms with Crippen LogP contribution in [0.1, 0.15) is 27.0 Å². The Morgan fingerprint density at radius 3 is 2.32 bits per heavy atom. The van der Waals surface area contributed by atoms with Crippen LogP contribution in [0.3, 0.4) is 0 Å². The Hall–Kier alpha value is -2.52. The Morgan fingerprint density at radius 2 is 1.64 bits per heavy atom. The third-order valence-electron chi connectivity index (χ3n) is 3.99. The molecular weight excluding hydrogens is 326 g/mol. The Kier molecular flexibility index (Phi) is 5.56. The van der Waals surface area contributed by atoms with Gasteiger partial charge in [0.2, 0.25) is 0 Å². The van der Waals surface area contributed by atoms with Gasteiger partial charge < -0.3 is 5.32 Å². The van der Waals surface area contributed by atoms with Crippen molar-refractivity contribution in [2.24, 2.45) is 0 Å². The normalized spacial score (nSPS) is 10.5. The number of benzene rings is 3. The molecule has 3 aromatic rings.